The summed E-state index contributed by atoms with van der Waals surface area (Å²) in [5.41, 5.74) is 2.50. The van der Waals surface area contributed by atoms with Gasteiger partial charge in [0.25, 0.3) is 10.2 Å². The van der Waals surface area contributed by atoms with Gasteiger partial charge in [0.15, 0.2) is 0 Å². The van der Waals surface area contributed by atoms with Crippen molar-refractivity contribution in [3.8, 4) is 11.5 Å². The maximum Gasteiger partial charge on any atom is 0.296 e. The smallest absolute Gasteiger partial charge is 0.296 e. The van der Waals surface area contributed by atoms with Crippen molar-refractivity contribution in [2.45, 2.75) is 12.8 Å². The summed E-state index contributed by atoms with van der Waals surface area (Å²) in [4.78, 5) is 0. The molecule has 0 spiro atoms. The third kappa shape index (κ3) is 5.34. The first-order valence-corrected chi connectivity index (χ1v) is 9.74. The van der Waals surface area contributed by atoms with E-state index in [1.807, 2.05) is 48.5 Å². The summed E-state index contributed by atoms with van der Waals surface area (Å²) in [6.07, 6.45) is 1.51. The minimum atomic E-state index is -3.82. The van der Waals surface area contributed by atoms with E-state index in [0.29, 0.717) is 17.9 Å². The highest BCUT2D eigenvalue weighted by Gasteiger charge is 2.10. The van der Waals surface area contributed by atoms with E-state index in [-0.39, 0.29) is 0 Å². The van der Waals surface area contributed by atoms with Gasteiger partial charge < -0.3 is 4.74 Å². The Morgan fingerprint density at radius 1 is 0.846 bits per heavy atom. The molecule has 0 aromatic heterocycles. The third-order valence-electron chi connectivity index (χ3n) is 3.82. The lowest BCUT2D eigenvalue weighted by molar-refractivity contribution is 0.476. The fourth-order valence-electron chi connectivity index (χ4n) is 2.64. The van der Waals surface area contributed by atoms with Crippen LogP contribution in [0.25, 0.3) is 0 Å². The Balaban J connectivity index is 1.86. The van der Waals surface area contributed by atoms with Crippen molar-refractivity contribution in [2.75, 3.05) is 4.72 Å². The van der Waals surface area contributed by atoms with Crippen LogP contribution in [0.15, 0.2) is 78.9 Å². The zero-order chi connectivity index (χ0) is 18.4. The fourth-order valence-corrected chi connectivity index (χ4v) is 3.10. The normalized spacial score (nSPS) is 11.1. The average molecular weight is 368 g/mol. The number of nitrogens with one attached hydrogen (secondary N) is 1. The van der Waals surface area contributed by atoms with Crippen molar-refractivity contribution in [1.82, 2.24) is 0 Å². The molecule has 26 heavy (non-hydrogen) atoms. The molecule has 0 aliphatic carbocycles. The lowest BCUT2D eigenvalue weighted by atomic mass is 10.0. The summed E-state index contributed by atoms with van der Waals surface area (Å²) < 4.78 is 30.9. The minimum absolute atomic E-state index is 0.413. The Bertz CT molecular complexity index is 959. The van der Waals surface area contributed by atoms with Crippen LogP contribution in [0.5, 0.6) is 11.5 Å². The highest BCUT2D eigenvalue weighted by molar-refractivity contribution is 7.90. The Morgan fingerprint density at radius 2 is 1.50 bits per heavy atom. The second-order valence-corrected chi connectivity index (χ2v) is 7.16. The number of nitrogens with two attached hydrogens (primary N) is 1. The predicted molar refractivity (Wildman–Crippen MR) is 104 cm³/mol. The predicted octanol–water partition coefficient (Wildman–Crippen LogP) is 3.88. The summed E-state index contributed by atoms with van der Waals surface area (Å²) in [5.74, 6) is 1.41. The van der Waals surface area contributed by atoms with Crippen molar-refractivity contribution in [2.24, 2.45) is 5.14 Å². The zero-order valence-corrected chi connectivity index (χ0v) is 14.9. The molecule has 0 amide bonds. The van der Waals surface area contributed by atoms with Gasteiger partial charge in [-0.25, -0.2) is 5.14 Å². The number of anilines is 1. The van der Waals surface area contributed by atoms with Gasteiger partial charge >= 0.3 is 0 Å². The van der Waals surface area contributed by atoms with Crippen LogP contribution in [-0.4, -0.2) is 8.42 Å². The molecule has 0 radical (unpaired) electrons. The lowest BCUT2D eigenvalue weighted by Crippen LogP contribution is -2.21. The number of para-hydroxylation sites is 1. The Hall–Kier alpha value is -2.83. The zero-order valence-electron chi connectivity index (χ0n) is 14.1. The fraction of sp³-hybridized carbons (Fsp3) is 0.100. The molecule has 3 N–H and O–H groups in total. The molecule has 0 unspecified atom stereocenters. The van der Waals surface area contributed by atoms with Crippen LogP contribution >= 0.6 is 0 Å². The van der Waals surface area contributed by atoms with E-state index in [4.69, 9.17) is 9.88 Å². The summed E-state index contributed by atoms with van der Waals surface area (Å²) in [6.45, 7) is 0. The standard InChI is InChI=1S/C20H20N2O3S/c21-26(23,24)22-18-13-14-20(25-19-9-5-2-6-10-19)17(15-18)12-11-16-7-3-1-4-8-16/h1-10,13-15,22H,11-12H2,(H2,21,23,24). The first-order valence-electron chi connectivity index (χ1n) is 8.20. The van der Waals surface area contributed by atoms with Gasteiger partial charge in [0.05, 0.1) is 5.69 Å². The van der Waals surface area contributed by atoms with Crippen molar-refractivity contribution >= 4 is 15.9 Å². The van der Waals surface area contributed by atoms with E-state index in [1.165, 1.54) is 5.56 Å². The summed E-state index contributed by atoms with van der Waals surface area (Å²) in [7, 11) is -3.82. The summed E-state index contributed by atoms with van der Waals surface area (Å²) >= 11 is 0. The number of aryl methyl sites for hydroxylation is 2. The molecule has 3 aromatic rings. The van der Waals surface area contributed by atoms with Gasteiger partial charge in [-0.3, -0.25) is 4.72 Å². The molecule has 5 nitrogen and oxygen atoms in total. The number of rotatable bonds is 7. The van der Waals surface area contributed by atoms with E-state index in [2.05, 4.69) is 16.9 Å². The van der Waals surface area contributed by atoms with Gasteiger partial charge in [-0.05, 0) is 54.3 Å². The second kappa shape index (κ2) is 8.03. The maximum absolute atomic E-state index is 11.3. The van der Waals surface area contributed by atoms with Crippen LogP contribution in [-0.2, 0) is 23.1 Å². The van der Waals surface area contributed by atoms with Crippen molar-refractivity contribution < 1.29 is 13.2 Å². The van der Waals surface area contributed by atoms with Gasteiger partial charge in [0, 0.05) is 0 Å². The molecule has 0 saturated heterocycles. The number of ether oxygens (including phenoxy) is 1. The largest absolute Gasteiger partial charge is 0.457 e. The Kier molecular flexibility index (Phi) is 5.55. The molecule has 134 valence electrons. The first-order chi connectivity index (χ1) is 12.5. The van der Waals surface area contributed by atoms with Crippen molar-refractivity contribution in [3.63, 3.8) is 0 Å². The average Bonchev–Trinajstić information content (AvgIpc) is 2.62. The molecule has 0 aliphatic rings. The van der Waals surface area contributed by atoms with Gasteiger partial charge in [0.1, 0.15) is 11.5 Å². The van der Waals surface area contributed by atoms with Gasteiger partial charge in [-0.15, -0.1) is 0 Å². The Labute approximate surface area is 153 Å². The van der Waals surface area contributed by atoms with Crippen LogP contribution in [0.2, 0.25) is 0 Å². The monoisotopic (exact) mass is 368 g/mol. The molecule has 0 atom stereocenters. The molecule has 0 saturated carbocycles. The topological polar surface area (TPSA) is 81.4 Å². The van der Waals surface area contributed by atoms with Crippen molar-refractivity contribution in [1.29, 1.82) is 0 Å². The molecular weight excluding hydrogens is 348 g/mol. The lowest BCUT2D eigenvalue weighted by Gasteiger charge is -2.14. The highest BCUT2D eigenvalue weighted by Crippen LogP contribution is 2.29. The molecule has 3 aromatic carbocycles. The van der Waals surface area contributed by atoms with E-state index in [0.717, 1.165) is 17.7 Å². The summed E-state index contributed by atoms with van der Waals surface area (Å²) in [5, 5.41) is 5.07. The van der Waals surface area contributed by atoms with Crippen LogP contribution in [0.1, 0.15) is 11.1 Å². The maximum atomic E-state index is 11.3. The van der Waals surface area contributed by atoms with Crippen LogP contribution in [0.3, 0.4) is 0 Å². The van der Waals surface area contributed by atoms with E-state index < -0.39 is 10.2 Å². The number of benzene rings is 3. The molecule has 6 heteroatoms. The highest BCUT2D eigenvalue weighted by atomic mass is 32.2. The van der Waals surface area contributed by atoms with Crippen LogP contribution < -0.4 is 14.6 Å². The second-order valence-electron chi connectivity index (χ2n) is 5.87. The molecular formula is C20H20N2O3S. The minimum Gasteiger partial charge on any atom is -0.457 e. The summed E-state index contributed by atoms with van der Waals surface area (Å²) in [6, 6.07) is 24.7. The first kappa shape index (κ1) is 18.0. The number of hydrogen-bond acceptors (Lipinski definition) is 3. The van der Waals surface area contributed by atoms with Crippen molar-refractivity contribution in [3.05, 3.63) is 90.0 Å². The van der Waals surface area contributed by atoms with E-state index >= 15 is 0 Å². The van der Waals surface area contributed by atoms with Gasteiger partial charge in [0.2, 0.25) is 0 Å². The molecule has 0 aliphatic heterocycles. The quantitative estimate of drug-likeness (QED) is 0.664. The van der Waals surface area contributed by atoms with Crippen LogP contribution in [0, 0.1) is 0 Å². The van der Waals surface area contributed by atoms with Gasteiger partial charge in [-0.2, -0.15) is 8.42 Å². The third-order valence-corrected chi connectivity index (χ3v) is 4.34. The molecule has 0 fully saturated rings. The Morgan fingerprint density at radius 3 is 2.15 bits per heavy atom. The molecule has 0 bridgehead atoms. The SMILES string of the molecule is NS(=O)(=O)Nc1ccc(Oc2ccccc2)c(CCc2ccccc2)c1. The number of hydrogen-bond donors (Lipinski definition) is 2. The molecule has 3 rings (SSSR count). The van der Waals surface area contributed by atoms with Gasteiger partial charge in [-0.1, -0.05) is 48.5 Å². The van der Waals surface area contributed by atoms with Crippen LogP contribution in [0.4, 0.5) is 5.69 Å². The van der Waals surface area contributed by atoms with E-state index in [9.17, 15) is 8.42 Å². The molecule has 0 heterocycles. The van der Waals surface area contributed by atoms with E-state index in [1.54, 1.807) is 18.2 Å².